The average molecular weight is 350 g/mol. The second kappa shape index (κ2) is 8.12. The van der Waals surface area contributed by atoms with Crippen molar-refractivity contribution in [2.24, 2.45) is 0 Å². The SMILES string of the molecule is OCCn1nccc1C1CCN(CC(O)c2ccc(Cl)cc2)CC1. The quantitative estimate of drug-likeness (QED) is 0.841. The Bertz CT molecular complexity index is 636. The molecule has 1 fully saturated rings. The molecule has 0 saturated carbocycles. The van der Waals surface area contributed by atoms with Gasteiger partial charge in [-0.25, -0.2) is 0 Å². The van der Waals surface area contributed by atoms with Gasteiger partial charge in [-0.15, -0.1) is 0 Å². The standard InChI is InChI=1S/C18H24ClN3O2/c19-16-3-1-15(2-4-16)18(24)13-21-9-6-14(7-10-21)17-5-8-20-22(17)11-12-23/h1-5,8,14,18,23-24H,6-7,9-13H2. The van der Waals surface area contributed by atoms with Gasteiger partial charge in [-0.2, -0.15) is 5.10 Å². The summed E-state index contributed by atoms with van der Waals surface area (Å²) in [6.07, 6.45) is 3.41. The largest absolute Gasteiger partial charge is 0.394 e. The van der Waals surface area contributed by atoms with Crippen molar-refractivity contribution in [1.82, 2.24) is 14.7 Å². The molecule has 0 radical (unpaired) electrons. The lowest BCUT2D eigenvalue weighted by Crippen LogP contribution is -2.36. The minimum Gasteiger partial charge on any atom is -0.394 e. The summed E-state index contributed by atoms with van der Waals surface area (Å²) in [4.78, 5) is 2.31. The third-order valence-electron chi connectivity index (χ3n) is 4.75. The molecule has 0 spiro atoms. The summed E-state index contributed by atoms with van der Waals surface area (Å²) < 4.78 is 1.91. The van der Waals surface area contributed by atoms with Crippen LogP contribution in [0.1, 0.15) is 36.1 Å². The first-order valence-electron chi connectivity index (χ1n) is 8.46. The van der Waals surface area contributed by atoms with E-state index in [2.05, 4.69) is 16.1 Å². The van der Waals surface area contributed by atoms with E-state index in [4.69, 9.17) is 16.7 Å². The number of piperidine rings is 1. The van der Waals surface area contributed by atoms with E-state index in [1.807, 2.05) is 35.1 Å². The topological polar surface area (TPSA) is 61.5 Å². The molecule has 1 atom stereocenters. The minimum absolute atomic E-state index is 0.112. The molecule has 24 heavy (non-hydrogen) atoms. The number of rotatable bonds is 6. The number of likely N-dealkylation sites (tertiary alicyclic amines) is 1. The van der Waals surface area contributed by atoms with Crippen LogP contribution in [-0.2, 0) is 6.54 Å². The molecule has 5 nitrogen and oxygen atoms in total. The van der Waals surface area contributed by atoms with E-state index in [9.17, 15) is 5.11 Å². The molecule has 0 bridgehead atoms. The number of β-amino-alcohol motifs (C(OH)–C–C–N with tert-alkyl or cyclic N) is 1. The van der Waals surface area contributed by atoms with Gasteiger partial charge in [-0.1, -0.05) is 23.7 Å². The monoisotopic (exact) mass is 349 g/mol. The second-order valence-electron chi connectivity index (χ2n) is 6.35. The first kappa shape index (κ1) is 17.4. The zero-order chi connectivity index (χ0) is 16.9. The van der Waals surface area contributed by atoms with Crippen molar-refractivity contribution < 1.29 is 10.2 Å². The fourth-order valence-corrected chi connectivity index (χ4v) is 3.54. The van der Waals surface area contributed by atoms with Gasteiger partial charge < -0.3 is 15.1 Å². The second-order valence-corrected chi connectivity index (χ2v) is 6.78. The molecule has 2 heterocycles. The summed E-state index contributed by atoms with van der Waals surface area (Å²) in [5.74, 6) is 0.475. The highest BCUT2D eigenvalue weighted by atomic mass is 35.5. The number of aromatic nitrogens is 2. The van der Waals surface area contributed by atoms with Crippen LogP contribution in [0.2, 0.25) is 5.02 Å². The maximum atomic E-state index is 10.4. The number of hydrogen-bond acceptors (Lipinski definition) is 4. The van der Waals surface area contributed by atoms with Gasteiger partial charge in [0.05, 0.1) is 19.3 Å². The van der Waals surface area contributed by atoms with Crippen LogP contribution < -0.4 is 0 Å². The average Bonchev–Trinajstić information content (AvgIpc) is 3.05. The number of halogens is 1. The molecule has 2 aromatic rings. The van der Waals surface area contributed by atoms with Crippen molar-refractivity contribution in [2.75, 3.05) is 26.2 Å². The van der Waals surface area contributed by atoms with E-state index in [0.29, 0.717) is 24.0 Å². The Morgan fingerprint density at radius 1 is 1.17 bits per heavy atom. The normalized spacial score (nSPS) is 18.0. The Morgan fingerprint density at radius 3 is 2.54 bits per heavy atom. The van der Waals surface area contributed by atoms with Crippen LogP contribution in [0.3, 0.4) is 0 Å². The van der Waals surface area contributed by atoms with Gasteiger partial charge in [-0.05, 0) is 49.7 Å². The number of aliphatic hydroxyl groups is 2. The Kier molecular flexibility index (Phi) is 5.89. The summed E-state index contributed by atoms with van der Waals surface area (Å²) in [6, 6.07) is 9.45. The van der Waals surface area contributed by atoms with E-state index in [-0.39, 0.29) is 6.61 Å². The van der Waals surface area contributed by atoms with Crippen LogP contribution in [0.25, 0.3) is 0 Å². The molecule has 1 aromatic heterocycles. The van der Waals surface area contributed by atoms with Crippen molar-refractivity contribution in [3.63, 3.8) is 0 Å². The number of benzene rings is 1. The predicted octanol–water partition coefficient (Wildman–Crippen LogP) is 2.44. The molecule has 1 aliphatic heterocycles. The first-order valence-corrected chi connectivity index (χ1v) is 8.83. The summed E-state index contributed by atoms with van der Waals surface area (Å²) in [7, 11) is 0. The Hall–Kier alpha value is -1.40. The van der Waals surface area contributed by atoms with Crippen LogP contribution >= 0.6 is 11.6 Å². The summed E-state index contributed by atoms with van der Waals surface area (Å²) in [5, 5.41) is 24.5. The van der Waals surface area contributed by atoms with Crippen molar-refractivity contribution in [3.05, 3.63) is 52.8 Å². The lowest BCUT2D eigenvalue weighted by molar-refractivity contribution is 0.0964. The third-order valence-corrected chi connectivity index (χ3v) is 5.00. The predicted molar refractivity (Wildman–Crippen MR) is 94.1 cm³/mol. The minimum atomic E-state index is -0.487. The van der Waals surface area contributed by atoms with Crippen LogP contribution in [-0.4, -0.2) is 51.1 Å². The van der Waals surface area contributed by atoms with E-state index in [0.717, 1.165) is 31.5 Å². The summed E-state index contributed by atoms with van der Waals surface area (Å²) in [5.41, 5.74) is 2.12. The molecule has 1 unspecified atom stereocenters. The van der Waals surface area contributed by atoms with Gasteiger partial charge in [0.1, 0.15) is 0 Å². The molecule has 2 N–H and O–H groups in total. The molecule has 0 amide bonds. The van der Waals surface area contributed by atoms with Crippen molar-refractivity contribution >= 4 is 11.6 Å². The molecular formula is C18H24ClN3O2. The van der Waals surface area contributed by atoms with E-state index >= 15 is 0 Å². The third kappa shape index (κ3) is 4.16. The van der Waals surface area contributed by atoms with Gasteiger partial charge in [0.25, 0.3) is 0 Å². The Morgan fingerprint density at radius 2 is 1.88 bits per heavy atom. The van der Waals surface area contributed by atoms with Crippen molar-refractivity contribution in [1.29, 1.82) is 0 Å². The van der Waals surface area contributed by atoms with Crippen LogP contribution in [0.5, 0.6) is 0 Å². The van der Waals surface area contributed by atoms with Gasteiger partial charge >= 0.3 is 0 Å². The molecule has 130 valence electrons. The zero-order valence-corrected chi connectivity index (χ0v) is 14.4. The van der Waals surface area contributed by atoms with Crippen LogP contribution in [0.15, 0.2) is 36.5 Å². The van der Waals surface area contributed by atoms with Crippen LogP contribution in [0.4, 0.5) is 0 Å². The van der Waals surface area contributed by atoms with Crippen LogP contribution in [0, 0.1) is 0 Å². The summed E-state index contributed by atoms with van der Waals surface area (Å²) in [6.45, 7) is 3.22. The smallest absolute Gasteiger partial charge is 0.0916 e. The van der Waals surface area contributed by atoms with E-state index in [1.54, 1.807) is 0 Å². The molecule has 1 saturated heterocycles. The molecule has 1 aliphatic rings. The molecule has 3 rings (SSSR count). The number of hydrogen-bond donors (Lipinski definition) is 2. The van der Waals surface area contributed by atoms with Gasteiger partial charge in [0.15, 0.2) is 0 Å². The lowest BCUT2D eigenvalue weighted by Gasteiger charge is -2.33. The van der Waals surface area contributed by atoms with E-state index in [1.165, 1.54) is 5.69 Å². The van der Waals surface area contributed by atoms with Gasteiger partial charge in [0.2, 0.25) is 0 Å². The lowest BCUT2D eigenvalue weighted by atomic mass is 9.93. The molecular weight excluding hydrogens is 326 g/mol. The highest BCUT2D eigenvalue weighted by molar-refractivity contribution is 6.30. The fraction of sp³-hybridized carbons (Fsp3) is 0.500. The van der Waals surface area contributed by atoms with Gasteiger partial charge in [-0.3, -0.25) is 4.68 Å². The highest BCUT2D eigenvalue weighted by Crippen LogP contribution is 2.29. The molecule has 0 aliphatic carbocycles. The Labute approximate surface area is 147 Å². The van der Waals surface area contributed by atoms with E-state index < -0.39 is 6.10 Å². The maximum absolute atomic E-state index is 10.4. The van der Waals surface area contributed by atoms with Crippen molar-refractivity contribution in [2.45, 2.75) is 31.4 Å². The number of aliphatic hydroxyl groups excluding tert-OH is 2. The van der Waals surface area contributed by atoms with Crippen molar-refractivity contribution in [3.8, 4) is 0 Å². The fourth-order valence-electron chi connectivity index (χ4n) is 3.42. The summed E-state index contributed by atoms with van der Waals surface area (Å²) >= 11 is 5.89. The molecule has 6 heteroatoms. The van der Waals surface area contributed by atoms with Gasteiger partial charge in [0, 0.05) is 29.4 Å². The zero-order valence-electron chi connectivity index (χ0n) is 13.7. The molecule has 1 aromatic carbocycles. The Balaban J connectivity index is 1.53. The first-order chi connectivity index (χ1) is 11.7. The number of nitrogens with zero attached hydrogens (tertiary/aromatic N) is 3. The highest BCUT2D eigenvalue weighted by Gasteiger charge is 2.24. The maximum Gasteiger partial charge on any atom is 0.0916 e.